The number of aromatic nitrogens is 1. The van der Waals surface area contributed by atoms with Crippen LogP contribution in [0.25, 0.3) is 16.6 Å². The molecule has 1 saturated heterocycles. The highest BCUT2D eigenvalue weighted by molar-refractivity contribution is 5.91. The number of hydrogen-bond acceptors (Lipinski definition) is 4. The van der Waals surface area contributed by atoms with E-state index in [1.807, 2.05) is 18.3 Å². The highest BCUT2D eigenvalue weighted by atomic mass is 15.3. The Kier molecular flexibility index (Phi) is 4.86. The number of nitrogens with zero attached hydrogens (tertiary/aromatic N) is 3. The molecule has 1 N–H and O–H groups in total. The Morgan fingerprint density at radius 2 is 2.12 bits per heavy atom. The number of aliphatic imine (C=N–C) groups is 1. The van der Waals surface area contributed by atoms with Crippen LogP contribution in [0.4, 0.5) is 0 Å². The number of aryl methyl sites for hydroxylation is 1. The van der Waals surface area contributed by atoms with Crippen LogP contribution in [0.3, 0.4) is 0 Å². The van der Waals surface area contributed by atoms with Crippen LogP contribution in [0.5, 0.6) is 0 Å². The van der Waals surface area contributed by atoms with Crippen LogP contribution in [-0.4, -0.2) is 35.9 Å². The highest BCUT2D eigenvalue weighted by Crippen LogP contribution is 2.36. The Morgan fingerprint density at radius 3 is 2.85 bits per heavy atom. The van der Waals surface area contributed by atoms with Gasteiger partial charge < -0.3 is 10.2 Å². The molecular formula is C22H28N4. The van der Waals surface area contributed by atoms with Gasteiger partial charge in [0.2, 0.25) is 0 Å². The fourth-order valence-electron chi connectivity index (χ4n) is 3.65. The van der Waals surface area contributed by atoms with Gasteiger partial charge in [-0.1, -0.05) is 38.6 Å². The van der Waals surface area contributed by atoms with Crippen LogP contribution in [0.2, 0.25) is 0 Å². The van der Waals surface area contributed by atoms with E-state index in [-0.39, 0.29) is 11.6 Å². The summed E-state index contributed by atoms with van der Waals surface area (Å²) in [4.78, 5) is 11.0. The number of fused-ring (bicyclic) bond motifs is 1. The minimum absolute atomic E-state index is 0.108. The predicted octanol–water partition coefficient (Wildman–Crippen LogP) is 4.38. The van der Waals surface area contributed by atoms with Crippen molar-refractivity contribution in [3.05, 3.63) is 60.4 Å². The highest BCUT2D eigenvalue weighted by Gasteiger charge is 2.37. The summed E-state index contributed by atoms with van der Waals surface area (Å²) in [6, 6.07) is 8.29. The summed E-state index contributed by atoms with van der Waals surface area (Å²) in [5.41, 5.74) is 5.39. The summed E-state index contributed by atoms with van der Waals surface area (Å²) in [6.45, 7) is 20.4. The van der Waals surface area contributed by atoms with Crippen LogP contribution in [-0.2, 0) is 0 Å². The van der Waals surface area contributed by atoms with Crippen molar-refractivity contribution in [3.63, 3.8) is 0 Å². The van der Waals surface area contributed by atoms with Crippen molar-refractivity contribution in [1.29, 1.82) is 0 Å². The van der Waals surface area contributed by atoms with E-state index < -0.39 is 0 Å². The molecule has 1 aromatic carbocycles. The lowest BCUT2D eigenvalue weighted by Gasteiger charge is -2.27. The van der Waals surface area contributed by atoms with Gasteiger partial charge >= 0.3 is 0 Å². The second-order valence-corrected chi connectivity index (χ2v) is 7.94. The zero-order chi connectivity index (χ0) is 18.9. The van der Waals surface area contributed by atoms with Crippen molar-refractivity contribution >= 4 is 23.3 Å². The molecule has 26 heavy (non-hydrogen) atoms. The summed E-state index contributed by atoms with van der Waals surface area (Å²) >= 11 is 0. The fourth-order valence-corrected chi connectivity index (χ4v) is 3.65. The lowest BCUT2D eigenvalue weighted by molar-refractivity contribution is 0.307. The molecule has 0 saturated carbocycles. The van der Waals surface area contributed by atoms with Gasteiger partial charge in [0, 0.05) is 35.1 Å². The maximum atomic E-state index is 4.45. The maximum absolute atomic E-state index is 4.45. The Morgan fingerprint density at radius 1 is 1.35 bits per heavy atom. The Bertz CT molecular complexity index is 866. The van der Waals surface area contributed by atoms with Crippen LogP contribution >= 0.6 is 0 Å². The summed E-state index contributed by atoms with van der Waals surface area (Å²) in [7, 11) is 0. The van der Waals surface area contributed by atoms with E-state index in [4.69, 9.17) is 0 Å². The number of rotatable bonds is 6. The molecule has 1 atom stereocenters. The smallest absolute Gasteiger partial charge is 0.120 e. The molecule has 4 nitrogen and oxygen atoms in total. The molecule has 1 aromatic heterocycles. The minimum atomic E-state index is 0.108. The molecule has 1 fully saturated rings. The van der Waals surface area contributed by atoms with Gasteiger partial charge in [-0.05, 0) is 43.7 Å². The summed E-state index contributed by atoms with van der Waals surface area (Å²) in [6.07, 6.45) is 2.94. The van der Waals surface area contributed by atoms with Crippen molar-refractivity contribution < 1.29 is 0 Å². The zero-order valence-corrected chi connectivity index (χ0v) is 16.0. The minimum Gasteiger partial charge on any atom is -0.379 e. The fraction of sp³-hybridized carbons (Fsp3) is 0.364. The molecule has 0 amide bonds. The quantitative estimate of drug-likeness (QED) is 0.788. The molecule has 2 aromatic rings. The van der Waals surface area contributed by atoms with E-state index >= 15 is 0 Å². The Hall–Kier alpha value is -2.62. The molecule has 1 unspecified atom stereocenters. The number of likely N-dealkylation sites (tertiary alicyclic amines) is 1. The first-order valence-corrected chi connectivity index (χ1v) is 8.99. The standard InChI is InChI=1S/C22H28N4/c1-15-7-8-20-19(11-15)18(9-10-24-20)17(3)25-13-16(2)26-14-22(4,5)12-21(26)23-6/h7-11,21,25H,2-3,6,12-14H2,1,4-5H3. The predicted molar refractivity (Wildman–Crippen MR) is 111 cm³/mol. The Balaban J connectivity index is 1.72. The molecule has 3 rings (SSSR count). The average Bonchev–Trinajstić information content (AvgIpc) is 2.93. The van der Waals surface area contributed by atoms with Gasteiger partial charge in [-0.15, -0.1) is 0 Å². The van der Waals surface area contributed by atoms with Gasteiger partial charge in [-0.2, -0.15) is 0 Å². The van der Waals surface area contributed by atoms with Crippen molar-refractivity contribution in [3.8, 4) is 0 Å². The lowest BCUT2D eigenvalue weighted by atomic mass is 9.92. The molecule has 0 aliphatic carbocycles. The Labute approximate surface area is 156 Å². The summed E-state index contributed by atoms with van der Waals surface area (Å²) < 4.78 is 0. The third-order valence-corrected chi connectivity index (χ3v) is 5.04. The van der Waals surface area contributed by atoms with Crippen molar-refractivity contribution in [2.45, 2.75) is 33.4 Å². The first kappa shape index (κ1) is 18.2. The molecule has 0 radical (unpaired) electrons. The van der Waals surface area contributed by atoms with Crippen molar-refractivity contribution in [2.24, 2.45) is 10.4 Å². The van der Waals surface area contributed by atoms with Crippen molar-refractivity contribution in [1.82, 2.24) is 15.2 Å². The van der Waals surface area contributed by atoms with E-state index in [1.54, 1.807) is 0 Å². The van der Waals surface area contributed by atoms with Gasteiger partial charge in [0.05, 0.1) is 12.1 Å². The molecule has 2 heterocycles. The number of nitrogens with one attached hydrogen (secondary N) is 1. The molecule has 4 heteroatoms. The van der Waals surface area contributed by atoms with Crippen LogP contribution in [0, 0.1) is 12.3 Å². The van der Waals surface area contributed by atoms with Crippen LogP contribution in [0.1, 0.15) is 31.4 Å². The molecule has 136 valence electrons. The average molecular weight is 348 g/mol. The van der Waals surface area contributed by atoms with Gasteiger partial charge in [-0.25, -0.2) is 0 Å². The second kappa shape index (κ2) is 6.94. The van der Waals surface area contributed by atoms with Crippen molar-refractivity contribution in [2.75, 3.05) is 13.1 Å². The maximum Gasteiger partial charge on any atom is 0.120 e. The number of hydrogen-bond donors (Lipinski definition) is 1. The second-order valence-electron chi connectivity index (χ2n) is 7.94. The van der Waals surface area contributed by atoms with Gasteiger partial charge in [0.25, 0.3) is 0 Å². The number of benzene rings is 1. The molecule has 1 aliphatic heterocycles. The topological polar surface area (TPSA) is 40.5 Å². The zero-order valence-electron chi connectivity index (χ0n) is 16.0. The van der Waals surface area contributed by atoms with E-state index in [9.17, 15) is 0 Å². The first-order chi connectivity index (χ1) is 12.3. The first-order valence-electron chi connectivity index (χ1n) is 8.99. The normalized spacial score (nSPS) is 18.7. The van der Waals surface area contributed by atoms with E-state index in [0.29, 0.717) is 6.54 Å². The molecule has 0 spiro atoms. The summed E-state index contributed by atoms with van der Waals surface area (Å²) in [5, 5.41) is 4.55. The molecule has 1 aliphatic rings. The van der Waals surface area contributed by atoms with E-state index in [0.717, 1.165) is 40.8 Å². The summed E-state index contributed by atoms with van der Waals surface area (Å²) in [5.74, 6) is 0. The van der Waals surface area contributed by atoms with Crippen LogP contribution in [0.15, 0.2) is 54.3 Å². The van der Waals surface area contributed by atoms with Gasteiger partial charge in [0.15, 0.2) is 0 Å². The van der Waals surface area contributed by atoms with Gasteiger partial charge in [-0.3, -0.25) is 9.98 Å². The lowest BCUT2D eigenvalue weighted by Crippen LogP contribution is -2.32. The third kappa shape index (κ3) is 3.64. The molecule has 0 bridgehead atoms. The third-order valence-electron chi connectivity index (χ3n) is 5.04. The largest absolute Gasteiger partial charge is 0.379 e. The SMILES string of the molecule is C=NC1CC(C)(C)CN1C(=C)CNC(=C)c1ccnc2ccc(C)cc12. The number of pyridine rings is 1. The molecular weight excluding hydrogens is 320 g/mol. The monoisotopic (exact) mass is 348 g/mol. The van der Waals surface area contributed by atoms with Crippen LogP contribution < -0.4 is 5.32 Å². The van der Waals surface area contributed by atoms with Gasteiger partial charge in [0.1, 0.15) is 6.17 Å². The van der Waals surface area contributed by atoms with E-state index in [1.165, 1.54) is 5.56 Å². The van der Waals surface area contributed by atoms with E-state index in [2.05, 4.69) is 73.0 Å².